The quantitative estimate of drug-likeness (QED) is 0.669. The fourth-order valence-electron chi connectivity index (χ4n) is 2.86. The zero-order valence-electron chi connectivity index (χ0n) is 14.3. The molecule has 2 aromatic carbocycles. The summed E-state index contributed by atoms with van der Waals surface area (Å²) >= 11 is 7.92. The van der Waals surface area contributed by atoms with Gasteiger partial charge < -0.3 is 10.0 Å². The molecule has 0 spiro atoms. The summed E-state index contributed by atoms with van der Waals surface area (Å²) in [6.07, 6.45) is 1.99. The first-order valence-electron chi connectivity index (χ1n) is 8.20. The molecular formula is C20H19ClN2O2S. The topological polar surface area (TPSA) is 53.4 Å². The number of rotatable bonds is 6. The van der Waals surface area contributed by atoms with E-state index in [9.17, 15) is 9.90 Å². The van der Waals surface area contributed by atoms with Crippen LogP contribution in [0.25, 0.3) is 0 Å². The van der Waals surface area contributed by atoms with Crippen LogP contribution in [0.4, 0.5) is 0 Å². The number of hydrogen-bond acceptors (Lipinski definition) is 4. The monoisotopic (exact) mass is 386 g/mol. The SMILES string of the molecule is CN(Cc1nccs1)C(=O)C[C@H](c1cccc(O)c1)c1ccccc1Cl. The molecule has 3 rings (SSSR count). The molecule has 0 fully saturated rings. The van der Waals surface area contributed by atoms with Crippen LogP contribution in [0.5, 0.6) is 5.75 Å². The second-order valence-electron chi connectivity index (χ2n) is 6.05. The van der Waals surface area contributed by atoms with E-state index < -0.39 is 0 Å². The van der Waals surface area contributed by atoms with E-state index in [2.05, 4.69) is 4.98 Å². The molecule has 0 aliphatic heterocycles. The molecule has 1 aromatic heterocycles. The van der Waals surface area contributed by atoms with Crippen molar-refractivity contribution in [1.29, 1.82) is 0 Å². The van der Waals surface area contributed by atoms with Crippen LogP contribution in [0, 0.1) is 0 Å². The molecule has 1 N–H and O–H groups in total. The van der Waals surface area contributed by atoms with Crippen molar-refractivity contribution in [3.05, 3.63) is 81.3 Å². The second kappa shape index (κ2) is 8.34. The lowest BCUT2D eigenvalue weighted by Gasteiger charge is -2.23. The zero-order valence-corrected chi connectivity index (χ0v) is 15.9. The predicted molar refractivity (Wildman–Crippen MR) is 105 cm³/mol. The summed E-state index contributed by atoms with van der Waals surface area (Å²) in [6, 6.07) is 14.5. The first-order chi connectivity index (χ1) is 12.5. The fraction of sp³-hybridized carbons (Fsp3) is 0.200. The highest BCUT2D eigenvalue weighted by atomic mass is 35.5. The molecule has 1 heterocycles. The smallest absolute Gasteiger partial charge is 0.223 e. The number of thiazole rings is 1. The summed E-state index contributed by atoms with van der Waals surface area (Å²) in [5.74, 6) is -0.0707. The van der Waals surface area contributed by atoms with Crippen molar-refractivity contribution in [3.8, 4) is 5.75 Å². The number of nitrogens with zero attached hydrogens (tertiary/aromatic N) is 2. The number of carbonyl (C=O) groups excluding carboxylic acids is 1. The van der Waals surface area contributed by atoms with Gasteiger partial charge in [0.15, 0.2) is 0 Å². The number of halogens is 1. The van der Waals surface area contributed by atoms with Gasteiger partial charge in [0.1, 0.15) is 10.8 Å². The van der Waals surface area contributed by atoms with E-state index in [0.29, 0.717) is 11.6 Å². The average Bonchev–Trinajstić information content (AvgIpc) is 3.13. The van der Waals surface area contributed by atoms with Gasteiger partial charge in [0.05, 0.1) is 6.54 Å². The van der Waals surface area contributed by atoms with Crippen LogP contribution >= 0.6 is 22.9 Å². The molecule has 1 atom stereocenters. The summed E-state index contributed by atoms with van der Waals surface area (Å²) in [7, 11) is 1.77. The number of phenolic OH excluding ortho intramolecular Hbond substituents is 1. The molecule has 0 unspecified atom stereocenters. The van der Waals surface area contributed by atoms with Crippen molar-refractivity contribution in [1.82, 2.24) is 9.88 Å². The fourth-order valence-corrected chi connectivity index (χ4v) is 3.80. The van der Waals surface area contributed by atoms with Crippen molar-refractivity contribution in [3.63, 3.8) is 0 Å². The Labute approximate surface area is 161 Å². The van der Waals surface area contributed by atoms with Crippen LogP contribution in [0.1, 0.15) is 28.5 Å². The Kier molecular flexibility index (Phi) is 5.91. The van der Waals surface area contributed by atoms with E-state index in [0.717, 1.165) is 16.1 Å². The summed E-state index contributed by atoms with van der Waals surface area (Å²) in [5, 5.41) is 13.3. The molecule has 6 heteroatoms. The minimum Gasteiger partial charge on any atom is -0.508 e. The van der Waals surface area contributed by atoms with Crippen molar-refractivity contribution in [2.24, 2.45) is 0 Å². The van der Waals surface area contributed by atoms with E-state index in [-0.39, 0.29) is 24.0 Å². The summed E-state index contributed by atoms with van der Waals surface area (Å²) in [6.45, 7) is 0.478. The third kappa shape index (κ3) is 4.42. The van der Waals surface area contributed by atoms with Gasteiger partial charge >= 0.3 is 0 Å². The molecule has 0 aliphatic carbocycles. The Morgan fingerprint density at radius 3 is 2.77 bits per heavy atom. The highest BCUT2D eigenvalue weighted by Gasteiger charge is 2.23. The first kappa shape index (κ1) is 18.4. The number of amides is 1. The van der Waals surface area contributed by atoms with E-state index >= 15 is 0 Å². The normalized spacial score (nSPS) is 11.9. The lowest BCUT2D eigenvalue weighted by atomic mass is 9.88. The Morgan fingerprint density at radius 2 is 2.08 bits per heavy atom. The number of hydrogen-bond donors (Lipinski definition) is 1. The Morgan fingerprint density at radius 1 is 1.27 bits per heavy atom. The molecule has 4 nitrogen and oxygen atoms in total. The van der Waals surface area contributed by atoms with Crippen molar-refractivity contribution >= 4 is 28.8 Å². The Bertz CT molecular complexity index is 883. The van der Waals surface area contributed by atoms with E-state index in [1.807, 2.05) is 35.7 Å². The van der Waals surface area contributed by atoms with Crippen LogP contribution in [0.2, 0.25) is 5.02 Å². The van der Waals surface area contributed by atoms with Crippen LogP contribution in [0.15, 0.2) is 60.1 Å². The number of aromatic nitrogens is 1. The molecule has 0 radical (unpaired) electrons. The maximum atomic E-state index is 12.8. The third-order valence-electron chi connectivity index (χ3n) is 4.21. The van der Waals surface area contributed by atoms with Crippen molar-refractivity contribution in [2.45, 2.75) is 18.9 Å². The van der Waals surface area contributed by atoms with Gasteiger partial charge in [-0.1, -0.05) is 41.9 Å². The van der Waals surface area contributed by atoms with Gasteiger partial charge in [-0.05, 0) is 29.3 Å². The van der Waals surface area contributed by atoms with Crippen LogP contribution < -0.4 is 0 Å². The van der Waals surface area contributed by atoms with Crippen LogP contribution in [-0.4, -0.2) is 27.9 Å². The highest BCUT2D eigenvalue weighted by Crippen LogP contribution is 2.34. The number of carbonyl (C=O) groups is 1. The van der Waals surface area contributed by atoms with Gasteiger partial charge in [-0.25, -0.2) is 4.98 Å². The first-order valence-corrected chi connectivity index (χ1v) is 9.46. The van der Waals surface area contributed by atoms with E-state index in [1.165, 1.54) is 11.3 Å². The zero-order chi connectivity index (χ0) is 18.5. The van der Waals surface area contributed by atoms with Gasteiger partial charge in [0.2, 0.25) is 5.91 Å². The van der Waals surface area contributed by atoms with Crippen LogP contribution in [0.3, 0.4) is 0 Å². The van der Waals surface area contributed by atoms with E-state index in [1.54, 1.807) is 36.3 Å². The van der Waals surface area contributed by atoms with Gasteiger partial charge in [0, 0.05) is 36.0 Å². The lowest BCUT2D eigenvalue weighted by molar-refractivity contribution is -0.130. The summed E-state index contributed by atoms with van der Waals surface area (Å²) < 4.78 is 0. The highest BCUT2D eigenvalue weighted by molar-refractivity contribution is 7.09. The molecule has 0 saturated carbocycles. The molecular weight excluding hydrogens is 368 g/mol. The largest absolute Gasteiger partial charge is 0.508 e. The van der Waals surface area contributed by atoms with Crippen LogP contribution in [-0.2, 0) is 11.3 Å². The van der Waals surface area contributed by atoms with Gasteiger partial charge in [-0.2, -0.15) is 0 Å². The standard InChI is InChI=1S/C20H19ClN2O2S/c1-23(13-19-22-9-10-26-19)20(25)12-17(14-5-4-6-15(24)11-14)16-7-2-3-8-18(16)21/h2-11,17,24H,12-13H2,1H3/t17-/m1/s1. The average molecular weight is 387 g/mol. The van der Waals surface area contributed by atoms with Crippen molar-refractivity contribution in [2.75, 3.05) is 7.05 Å². The summed E-state index contributed by atoms with van der Waals surface area (Å²) in [4.78, 5) is 18.7. The Hall–Kier alpha value is -2.37. The molecule has 1 amide bonds. The lowest BCUT2D eigenvalue weighted by Crippen LogP contribution is -2.27. The maximum Gasteiger partial charge on any atom is 0.223 e. The minimum atomic E-state index is -0.234. The molecule has 0 bridgehead atoms. The number of aromatic hydroxyl groups is 1. The molecule has 0 aliphatic rings. The second-order valence-corrected chi connectivity index (χ2v) is 7.44. The maximum absolute atomic E-state index is 12.8. The van der Waals surface area contributed by atoms with Gasteiger partial charge in [0.25, 0.3) is 0 Å². The third-order valence-corrected chi connectivity index (χ3v) is 5.32. The number of benzene rings is 2. The molecule has 26 heavy (non-hydrogen) atoms. The number of phenols is 1. The molecule has 3 aromatic rings. The Balaban J connectivity index is 1.86. The van der Waals surface area contributed by atoms with Gasteiger partial charge in [-0.15, -0.1) is 11.3 Å². The van der Waals surface area contributed by atoms with E-state index in [4.69, 9.17) is 11.6 Å². The predicted octanol–water partition coefficient (Wildman–Crippen LogP) is 4.68. The molecule has 0 saturated heterocycles. The minimum absolute atomic E-state index is 0.00605. The molecule has 134 valence electrons. The summed E-state index contributed by atoms with van der Waals surface area (Å²) in [5.41, 5.74) is 1.73. The van der Waals surface area contributed by atoms with Crippen molar-refractivity contribution < 1.29 is 9.90 Å². The van der Waals surface area contributed by atoms with Gasteiger partial charge in [-0.3, -0.25) is 4.79 Å².